The van der Waals surface area contributed by atoms with Crippen LogP contribution in [-0.2, 0) is 0 Å². The van der Waals surface area contributed by atoms with E-state index in [1.165, 1.54) is 12.3 Å². The molecule has 1 saturated heterocycles. The van der Waals surface area contributed by atoms with Gasteiger partial charge in [0.25, 0.3) is 5.91 Å². The standard InChI is InChI=1S/C14H19N3O2/c15-11-4-1-3-9-7-17(8-10(9)11)14(19)13-12(18)5-2-6-16-13/h2,5-6,9-11,18H,1,3-4,7-8,15H2. The smallest absolute Gasteiger partial charge is 0.276 e. The van der Waals surface area contributed by atoms with Gasteiger partial charge in [-0.2, -0.15) is 0 Å². The third kappa shape index (κ3) is 2.18. The van der Waals surface area contributed by atoms with E-state index in [1.54, 1.807) is 11.0 Å². The molecule has 3 atom stereocenters. The van der Waals surface area contributed by atoms with E-state index >= 15 is 0 Å². The van der Waals surface area contributed by atoms with E-state index in [1.807, 2.05) is 0 Å². The van der Waals surface area contributed by atoms with Crippen molar-refractivity contribution in [2.75, 3.05) is 13.1 Å². The van der Waals surface area contributed by atoms with Crippen molar-refractivity contribution < 1.29 is 9.90 Å². The van der Waals surface area contributed by atoms with E-state index in [4.69, 9.17) is 5.73 Å². The maximum Gasteiger partial charge on any atom is 0.276 e. The second-order valence-corrected chi connectivity index (χ2v) is 5.60. The predicted molar refractivity (Wildman–Crippen MR) is 70.6 cm³/mol. The first-order chi connectivity index (χ1) is 9.16. The molecule has 1 aromatic heterocycles. The van der Waals surface area contributed by atoms with E-state index in [2.05, 4.69) is 4.98 Å². The summed E-state index contributed by atoms with van der Waals surface area (Å²) in [7, 11) is 0. The molecule has 1 aromatic rings. The number of aromatic nitrogens is 1. The molecule has 1 aliphatic carbocycles. The van der Waals surface area contributed by atoms with Crippen LogP contribution < -0.4 is 5.73 Å². The van der Waals surface area contributed by atoms with Gasteiger partial charge in [0, 0.05) is 25.3 Å². The van der Waals surface area contributed by atoms with Crippen LogP contribution in [0.15, 0.2) is 18.3 Å². The Kier molecular flexibility index (Phi) is 3.14. The first kappa shape index (κ1) is 12.4. The highest BCUT2D eigenvalue weighted by atomic mass is 16.3. The van der Waals surface area contributed by atoms with Crippen LogP contribution in [-0.4, -0.2) is 40.0 Å². The fraction of sp³-hybridized carbons (Fsp3) is 0.571. The topological polar surface area (TPSA) is 79.5 Å². The third-order valence-corrected chi connectivity index (χ3v) is 4.43. The number of hydrogen-bond acceptors (Lipinski definition) is 4. The van der Waals surface area contributed by atoms with Gasteiger partial charge in [0.2, 0.25) is 0 Å². The minimum atomic E-state index is -0.181. The average molecular weight is 261 g/mol. The van der Waals surface area contributed by atoms with Crippen LogP contribution in [0.5, 0.6) is 5.75 Å². The molecule has 2 fully saturated rings. The van der Waals surface area contributed by atoms with Crippen molar-refractivity contribution in [3.63, 3.8) is 0 Å². The zero-order valence-electron chi connectivity index (χ0n) is 10.8. The lowest BCUT2D eigenvalue weighted by Crippen LogP contribution is -2.38. The molecule has 5 heteroatoms. The highest BCUT2D eigenvalue weighted by Gasteiger charge is 2.41. The average Bonchev–Trinajstić information content (AvgIpc) is 2.84. The van der Waals surface area contributed by atoms with E-state index in [0.717, 1.165) is 25.8 Å². The molecule has 1 aliphatic heterocycles. The summed E-state index contributed by atoms with van der Waals surface area (Å²) in [5.74, 6) is 0.688. The van der Waals surface area contributed by atoms with Gasteiger partial charge in [0.1, 0.15) is 5.75 Å². The molecule has 3 N–H and O–H groups in total. The SMILES string of the molecule is NC1CCCC2CN(C(=O)c3ncccc3O)CC12. The maximum atomic E-state index is 12.4. The molecule has 2 aliphatic rings. The van der Waals surface area contributed by atoms with Crippen LogP contribution in [0, 0.1) is 11.8 Å². The Morgan fingerprint density at radius 3 is 3.00 bits per heavy atom. The number of pyridine rings is 1. The lowest BCUT2D eigenvalue weighted by Gasteiger charge is -2.29. The number of carbonyl (C=O) groups excluding carboxylic acids is 1. The summed E-state index contributed by atoms with van der Waals surface area (Å²) in [6.07, 6.45) is 4.88. The summed E-state index contributed by atoms with van der Waals surface area (Å²) < 4.78 is 0. The molecule has 2 heterocycles. The first-order valence-corrected chi connectivity index (χ1v) is 6.85. The third-order valence-electron chi connectivity index (χ3n) is 4.43. The van der Waals surface area contributed by atoms with E-state index in [0.29, 0.717) is 18.4 Å². The Morgan fingerprint density at radius 1 is 1.42 bits per heavy atom. The van der Waals surface area contributed by atoms with Crippen LogP contribution in [0.25, 0.3) is 0 Å². The van der Waals surface area contributed by atoms with Gasteiger partial charge < -0.3 is 15.7 Å². The van der Waals surface area contributed by atoms with E-state index in [9.17, 15) is 9.90 Å². The van der Waals surface area contributed by atoms with E-state index in [-0.39, 0.29) is 23.4 Å². The quantitative estimate of drug-likeness (QED) is 0.790. The molecule has 19 heavy (non-hydrogen) atoms. The van der Waals surface area contributed by atoms with Gasteiger partial charge in [0.15, 0.2) is 5.69 Å². The Hall–Kier alpha value is -1.62. The highest BCUT2D eigenvalue weighted by molar-refractivity contribution is 5.95. The van der Waals surface area contributed by atoms with Crippen LogP contribution in [0.3, 0.4) is 0 Å². The molecule has 0 aromatic carbocycles. The van der Waals surface area contributed by atoms with Gasteiger partial charge in [-0.15, -0.1) is 0 Å². The predicted octanol–water partition coefficient (Wildman–Crippen LogP) is 0.987. The van der Waals surface area contributed by atoms with Gasteiger partial charge >= 0.3 is 0 Å². The Morgan fingerprint density at radius 2 is 2.26 bits per heavy atom. The monoisotopic (exact) mass is 261 g/mol. The molecule has 1 saturated carbocycles. The number of hydrogen-bond donors (Lipinski definition) is 2. The van der Waals surface area contributed by atoms with Crippen molar-refractivity contribution in [2.45, 2.75) is 25.3 Å². The summed E-state index contributed by atoms with van der Waals surface area (Å²) in [6.45, 7) is 1.44. The fourth-order valence-electron chi connectivity index (χ4n) is 3.39. The van der Waals surface area contributed by atoms with Gasteiger partial charge in [-0.25, -0.2) is 4.98 Å². The second-order valence-electron chi connectivity index (χ2n) is 5.60. The number of amides is 1. The number of likely N-dealkylation sites (tertiary alicyclic amines) is 1. The number of carbonyl (C=O) groups is 1. The minimum absolute atomic E-state index is 0.0494. The molecule has 102 valence electrons. The fourth-order valence-corrected chi connectivity index (χ4v) is 3.39. The van der Waals surface area contributed by atoms with Crippen molar-refractivity contribution in [1.82, 2.24) is 9.88 Å². The minimum Gasteiger partial charge on any atom is -0.505 e. The normalized spacial score (nSPS) is 30.2. The zero-order valence-corrected chi connectivity index (χ0v) is 10.8. The van der Waals surface area contributed by atoms with Gasteiger partial charge in [-0.1, -0.05) is 6.42 Å². The number of nitrogens with zero attached hydrogens (tertiary/aromatic N) is 2. The molecular formula is C14H19N3O2. The van der Waals surface area contributed by atoms with Crippen molar-refractivity contribution >= 4 is 5.91 Å². The summed E-state index contributed by atoms with van der Waals surface area (Å²) in [4.78, 5) is 18.2. The van der Waals surface area contributed by atoms with Crippen LogP contribution in [0.1, 0.15) is 29.8 Å². The molecule has 5 nitrogen and oxygen atoms in total. The molecule has 0 bridgehead atoms. The molecule has 1 amide bonds. The number of aromatic hydroxyl groups is 1. The van der Waals surface area contributed by atoms with Gasteiger partial charge in [0.05, 0.1) is 0 Å². The number of nitrogens with two attached hydrogens (primary N) is 1. The number of rotatable bonds is 1. The van der Waals surface area contributed by atoms with Crippen molar-refractivity contribution in [3.8, 4) is 5.75 Å². The lowest BCUT2D eigenvalue weighted by molar-refractivity contribution is 0.0774. The Labute approximate surface area is 112 Å². The zero-order chi connectivity index (χ0) is 13.4. The summed E-state index contributed by atoms with van der Waals surface area (Å²) in [5, 5.41) is 9.72. The van der Waals surface area contributed by atoms with Crippen molar-refractivity contribution in [3.05, 3.63) is 24.0 Å². The van der Waals surface area contributed by atoms with Crippen LogP contribution >= 0.6 is 0 Å². The van der Waals surface area contributed by atoms with Crippen LogP contribution in [0.2, 0.25) is 0 Å². The summed E-state index contributed by atoms with van der Waals surface area (Å²) >= 11 is 0. The number of fused-ring (bicyclic) bond motifs is 1. The lowest BCUT2D eigenvalue weighted by atomic mass is 9.78. The first-order valence-electron chi connectivity index (χ1n) is 6.85. The molecule has 3 unspecified atom stereocenters. The summed E-state index contributed by atoms with van der Waals surface area (Å²) in [5.41, 5.74) is 6.30. The largest absolute Gasteiger partial charge is 0.505 e. The Balaban J connectivity index is 1.78. The molecule has 0 radical (unpaired) electrons. The summed E-state index contributed by atoms with van der Waals surface area (Å²) in [6, 6.07) is 3.31. The molecule has 0 spiro atoms. The molecule has 3 rings (SSSR count). The highest BCUT2D eigenvalue weighted by Crippen LogP contribution is 2.36. The molecular weight excluding hydrogens is 242 g/mol. The van der Waals surface area contributed by atoms with Crippen molar-refractivity contribution in [1.29, 1.82) is 0 Å². The van der Waals surface area contributed by atoms with Crippen molar-refractivity contribution in [2.24, 2.45) is 17.6 Å². The Bertz CT molecular complexity index is 491. The van der Waals surface area contributed by atoms with E-state index < -0.39 is 0 Å². The second kappa shape index (κ2) is 4.81. The van der Waals surface area contributed by atoms with Gasteiger partial charge in [-0.05, 0) is 36.8 Å². The van der Waals surface area contributed by atoms with Gasteiger partial charge in [-0.3, -0.25) is 4.79 Å². The van der Waals surface area contributed by atoms with Crippen LogP contribution in [0.4, 0.5) is 0 Å². The maximum absolute atomic E-state index is 12.4.